The van der Waals surface area contributed by atoms with Crippen LogP contribution in [0.5, 0.6) is 0 Å². The van der Waals surface area contributed by atoms with Crippen LogP contribution < -0.4 is 0 Å². The van der Waals surface area contributed by atoms with Crippen LogP contribution in [-0.2, 0) is 24.2 Å². The third-order valence-electron chi connectivity index (χ3n) is 6.26. The molecule has 0 saturated carbocycles. The van der Waals surface area contributed by atoms with Gasteiger partial charge in [0.05, 0.1) is 10.6 Å². The van der Waals surface area contributed by atoms with E-state index >= 15 is 0 Å². The summed E-state index contributed by atoms with van der Waals surface area (Å²) >= 11 is 5.96. The summed E-state index contributed by atoms with van der Waals surface area (Å²) in [5.74, 6) is -2.25. The van der Waals surface area contributed by atoms with Crippen LogP contribution >= 0.6 is 11.6 Å². The summed E-state index contributed by atoms with van der Waals surface area (Å²) in [5, 5.41) is 12.3. The van der Waals surface area contributed by atoms with Gasteiger partial charge in [-0.25, -0.2) is 8.42 Å². The van der Waals surface area contributed by atoms with Crippen molar-refractivity contribution >= 4 is 49.9 Å². The first-order chi connectivity index (χ1) is 15.7. The van der Waals surface area contributed by atoms with E-state index in [1.807, 2.05) is 0 Å². The van der Waals surface area contributed by atoms with Crippen molar-refractivity contribution in [2.24, 2.45) is 0 Å². The summed E-state index contributed by atoms with van der Waals surface area (Å²) in [6.45, 7) is 0.642. The molecule has 2 saturated heterocycles. The summed E-state index contributed by atoms with van der Waals surface area (Å²) in [5.41, 5.74) is 0. The van der Waals surface area contributed by atoms with Crippen LogP contribution in [-0.4, -0.2) is 72.0 Å². The van der Waals surface area contributed by atoms with Crippen LogP contribution in [0.15, 0.2) is 41.3 Å². The third-order valence-corrected chi connectivity index (χ3v) is 8.22. The minimum atomic E-state index is -3.99. The highest BCUT2D eigenvalue weighted by Gasteiger charge is 2.38. The van der Waals surface area contributed by atoms with Gasteiger partial charge in [0.1, 0.15) is 6.10 Å². The maximum Gasteiger partial charge on any atom is 0.259 e. The van der Waals surface area contributed by atoms with Gasteiger partial charge in [0.2, 0.25) is 11.8 Å². The third kappa shape index (κ3) is 5.05. The smallest absolute Gasteiger partial charge is 0.259 e. The fraction of sp³-hybridized carbons (Fsp3) is 0.435. The molecule has 0 spiro atoms. The summed E-state index contributed by atoms with van der Waals surface area (Å²) in [7, 11) is -3.99. The summed E-state index contributed by atoms with van der Waals surface area (Å²) in [6.07, 6.45) is 0.725. The Morgan fingerprint density at radius 2 is 1.79 bits per heavy atom. The molecule has 2 aromatic rings. The molecule has 2 aliphatic rings. The van der Waals surface area contributed by atoms with Crippen LogP contribution in [0.25, 0.3) is 10.8 Å². The Labute approximate surface area is 197 Å². The van der Waals surface area contributed by atoms with E-state index < -0.39 is 33.5 Å². The normalized spacial score (nSPS) is 20.8. The molecule has 1 unspecified atom stereocenters. The molecule has 3 amide bonds. The number of benzene rings is 2. The fourth-order valence-corrected chi connectivity index (χ4v) is 5.99. The number of imide groups is 1. The SMILES string of the molecule is O=C1CC(N2CCCCC2=O)CCN1C(=O)[C@H](O)CS(=O)(=O)c1ccc2cc(Cl)ccc2c1. The molecule has 33 heavy (non-hydrogen) atoms. The number of halogens is 1. The highest BCUT2D eigenvalue weighted by atomic mass is 35.5. The summed E-state index contributed by atoms with van der Waals surface area (Å²) in [4.78, 5) is 40.0. The number of hydrogen-bond acceptors (Lipinski definition) is 6. The van der Waals surface area contributed by atoms with Gasteiger partial charge in [0.25, 0.3) is 5.91 Å². The lowest BCUT2D eigenvalue weighted by Crippen LogP contribution is -2.54. The quantitative estimate of drug-likeness (QED) is 0.684. The van der Waals surface area contributed by atoms with Crippen molar-refractivity contribution in [3.8, 4) is 0 Å². The van der Waals surface area contributed by atoms with Crippen LogP contribution in [0, 0.1) is 0 Å². The largest absolute Gasteiger partial charge is 0.382 e. The van der Waals surface area contributed by atoms with Crippen molar-refractivity contribution in [2.75, 3.05) is 18.8 Å². The predicted octanol–water partition coefficient (Wildman–Crippen LogP) is 2.16. The number of nitrogens with zero attached hydrogens (tertiary/aromatic N) is 2. The number of piperidine rings is 2. The molecule has 2 aliphatic heterocycles. The molecule has 1 N–H and O–H groups in total. The fourth-order valence-electron chi connectivity index (χ4n) is 4.47. The number of likely N-dealkylation sites (tertiary alicyclic amines) is 2. The molecule has 8 nitrogen and oxygen atoms in total. The number of rotatable bonds is 5. The van der Waals surface area contributed by atoms with Crippen molar-refractivity contribution < 1.29 is 27.9 Å². The van der Waals surface area contributed by atoms with Gasteiger partial charge in [0.15, 0.2) is 9.84 Å². The van der Waals surface area contributed by atoms with E-state index in [0.29, 0.717) is 29.8 Å². The zero-order valence-electron chi connectivity index (χ0n) is 17.9. The lowest BCUT2D eigenvalue weighted by Gasteiger charge is -2.39. The van der Waals surface area contributed by atoms with Gasteiger partial charge in [0, 0.05) is 37.0 Å². The van der Waals surface area contributed by atoms with E-state index in [0.717, 1.165) is 23.1 Å². The molecular formula is C23H25ClN2O6S. The van der Waals surface area contributed by atoms with E-state index in [2.05, 4.69) is 0 Å². The topological polar surface area (TPSA) is 112 Å². The number of carbonyl (C=O) groups excluding carboxylic acids is 3. The Morgan fingerprint density at radius 1 is 1.06 bits per heavy atom. The van der Waals surface area contributed by atoms with E-state index in [9.17, 15) is 27.9 Å². The first-order valence-corrected chi connectivity index (χ1v) is 12.9. The summed E-state index contributed by atoms with van der Waals surface area (Å²) in [6, 6.07) is 9.25. The highest BCUT2D eigenvalue weighted by molar-refractivity contribution is 7.91. The van der Waals surface area contributed by atoms with Crippen molar-refractivity contribution in [1.82, 2.24) is 9.80 Å². The molecule has 0 radical (unpaired) electrons. The lowest BCUT2D eigenvalue weighted by atomic mass is 9.98. The van der Waals surface area contributed by atoms with Crippen LogP contribution in [0.4, 0.5) is 0 Å². The first kappa shape index (κ1) is 23.7. The molecule has 10 heteroatoms. The Morgan fingerprint density at radius 3 is 2.52 bits per heavy atom. The Hall–Kier alpha value is -2.49. The van der Waals surface area contributed by atoms with Gasteiger partial charge in [-0.3, -0.25) is 19.3 Å². The molecule has 2 aromatic carbocycles. The molecule has 4 rings (SSSR count). The number of carbonyl (C=O) groups is 3. The minimum Gasteiger partial charge on any atom is -0.382 e. The molecule has 0 aromatic heterocycles. The monoisotopic (exact) mass is 492 g/mol. The van der Waals surface area contributed by atoms with E-state index in [4.69, 9.17) is 11.6 Å². The van der Waals surface area contributed by atoms with Gasteiger partial charge in [-0.1, -0.05) is 23.7 Å². The van der Waals surface area contributed by atoms with Crippen molar-refractivity contribution in [3.05, 3.63) is 41.4 Å². The van der Waals surface area contributed by atoms with Gasteiger partial charge >= 0.3 is 0 Å². The molecule has 2 fully saturated rings. The zero-order valence-corrected chi connectivity index (χ0v) is 19.5. The zero-order chi connectivity index (χ0) is 23.8. The standard InChI is InChI=1S/C23H25ClN2O6S/c24-17-6-4-16-12-19(7-5-15(16)11-17)33(31,32)14-20(27)23(30)26-10-8-18(13-22(26)29)25-9-2-1-3-21(25)28/h4-7,11-12,18,20,27H,1-3,8-10,13-14H2/t18?,20-/m1/s1. The number of hydrogen-bond donors (Lipinski definition) is 1. The maximum atomic E-state index is 12.8. The molecule has 0 bridgehead atoms. The van der Waals surface area contributed by atoms with E-state index in [1.54, 1.807) is 29.2 Å². The summed E-state index contributed by atoms with van der Waals surface area (Å²) < 4.78 is 25.7. The number of amides is 3. The molecule has 176 valence electrons. The van der Waals surface area contributed by atoms with Crippen molar-refractivity contribution in [2.45, 2.75) is 49.1 Å². The molecule has 2 heterocycles. The predicted molar refractivity (Wildman–Crippen MR) is 122 cm³/mol. The number of fused-ring (bicyclic) bond motifs is 1. The van der Waals surface area contributed by atoms with Gasteiger partial charge in [-0.05, 0) is 54.3 Å². The molecular weight excluding hydrogens is 468 g/mol. The average Bonchev–Trinajstić information content (AvgIpc) is 2.78. The lowest BCUT2D eigenvalue weighted by molar-refractivity contribution is -0.154. The second-order valence-corrected chi connectivity index (χ2v) is 11.0. The Balaban J connectivity index is 1.42. The maximum absolute atomic E-state index is 12.8. The van der Waals surface area contributed by atoms with Gasteiger partial charge < -0.3 is 10.0 Å². The molecule has 0 aliphatic carbocycles. The van der Waals surface area contributed by atoms with Crippen LogP contribution in [0.1, 0.15) is 32.1 Å². The number of aliphatic hydroxyl groups is 1. The first-order valence-electron chi connectivity index (χ1n) is 10.9. The van der Waals surface area contributed by atoms with Gasteiger partial charge in [-0.2, -0.15) is 0 Å². The second-order valence-electron chi connectivity index (χ2n) is 8.52. The molecule has 2 atom stereocenters. The van der Waals surface area contributed by atoms with Gasteiger partial charge in [-0.15, -0.1) is 0 Å². The second kappa shape index (κ2) is 9.40. The van der Waals surface area contributed by atoms with Crippen molar-refractivity contribution in [1.29, 1.82) is 0 Å². The minimum absolute atomic E-state index is 0.00974. The van der Waals surface area contributed by atoms with Crippen LogP contribution in [0.2, 0.25) is 5.02 Å². The van der Waals surface area contributed by atoms with E-state index in [-0.39, 0.29) is 29.8 Å². The van der Waals surface area contributed by atoms with Crippen LogP contribution in [0.3, 0.4) is 0 Å². The Bertz CT molecular complexity index is 1210. The number of sulfone groups is 1. The van der Waals surface area contributed by atoms with E-state index in [1.165, 1.54) is 12.1 Å². The Kier molecular flexibility index (Phi) is 6.74. The highest BCUT2D eigenvalue weighted by Crippen LogP contribution is 2.25. The van der Waals surface area contributed by atoms with Crippen molar-refractivity contribution in [3.63, 3.8) is 0 Å². The average molecular weight is 493 g/mol. The number of aliphatic hydroxyl groups excluding tert-OH is 1.